The summed E-state index contributed by atoms with van der Waals surface area (Å²) in [6, 6.07) is 10.4. The molecule has 0 amide bonds. The van der Waals surface area contributed by atoms with E-state index in [2.05, 4.69) is 15.5 Å². The zero-order valence-electron chi connectivity index (χ0n) is 12.6. The van der Waals surface area contributed by atoms with Crippen LogP contribution in [0.4, 0.5) is 6.01 Å². The van der Waals surface area contributed by atoms with E-state index in [9.17, 15) is 5.11 Å². The summed E-state index contributed by atoms with van der Waals surface area (Å²) in [6.07, 6.45) is 0. The van der Waals surface area contributed by atoms with Crippen LogP contribution in [-0.4, -0.2) is 22.4 Å². The highest BCUT2D eigenvalue weighted by atomic mass is 35.5. The summed E-state index contributed by atoms with van der Waals surface area (Å²) >= 11 is 11.9. The van der Waals surface area contributed by atoms with Gasteiger partial charge in [-0.1, -0.05) is 40.5 Å². The first kappa shape index (κ1) is 16.4. The molecule has 2 aromatic carbocycles. The van der Waals surface area contributed by atoms with E-state index in [-0.39, 0.29) is 11.8 Å². The van der Waals surface area contributed by atoms with E-state index in [1.54, 1.807) is 36.4 Å². The number of hydrogen-bond donors (Lipinski definition) is 2. The fourth-order valence-corrected chi connectivity index (χ4v) is 2.67. The number of phenolic OH excluding ortho intramolecular Hbond substituents is 1. The van der Waals surface area contributed by atoms with Crippen molar-refractivity contribution in [2.45, 2.75) is 6.54 Å². The molecule has 0 atom stereocenters. The van der Waals surface area contributed by atoms with Gasteiger partial charge in [0.25, 0.3) is 0 Å². The van der Waals surface area contributed by atoms with Crippen LogP contribution in [0.15, 0.2) is 40.9 Å². The number of rotatable bonds is 5. The van der Waals surface area contributed by atoms with Crippen LogP contribution in [0.2, 0.25) is 10.0 Å². The smallest absolute Gasteiger partial charge is 0.322 e. The highest BCUT2D eigenvalue weighted by Crippen LogP contribution is 2.30. The van der Waals surface area contributed by atoms with Gasteiger partial charge in [-0.2, -0.15) is 4.98 Å². The lowest BCUT2D eigenvalue weighted by atomic mass is 10.2. The zero-order chi connectivity index (χ0) is 17.1. The fraction of sp³-hybridized carbons (Fsp3) is 0.125. The highest BCUT2D eigenvalue weighted by Gasteiger charge is 2.12. The number of benzene rings is 2. The van der Waals surface area contributed by atoms with Crippen molar-refractivity contribution >= 4 is 29.2 Å². The van der Waals surface area contributed by atoms with E-state index in [1.165, 1.54) is 7.11 Å². The number of aromatic hydroxyl groups is 1. The Morgan fingerprint density at radius 1 is 1.21 bits per heavy atom. The molecule has 24 heavy (non-hydrogen) atoms. The molecule has 0 aliphatic heterocycles. The largest absolute Gasteiger partial charge is 0.504 e. The molecular formula is C16H13Cl2N3O3. The molecule has 0 bridgehead atoms. The van der Waals surface area contributed by atoms with Crippen LogP contribution in [-0.2, 0) is 6.54 Å². The molecule has 1 aromatic heterocycles. The van der Waals surface area contributed by atoms with E-state index >= 15 is 0 Å². The number of aromatic nitrogens is 2. The first-order valence-electron chi connectivity index (χ1n) is 6.95. The average Bonchev–Trinajstić information content (AvgIpc) is 3.02. The van der Waals surface area contributed by atoms with Gasteiger partial charge in [-0.3, -0.25) is 0 Å². The van der Waals surface area contributed by atoms with E-state index in [0.717, 1.165) is 0 Å². The summed E-state index contributed by atoms with van der Waals surface area (Å²) < 4.78 is 10.2. The van der Waals surface area contributed by atoms with Crippen molar-refractivity contribution < 1.29 is 14.4 Å². The second kappa shape index (κ2) is 6.98. The Bertz CT molecular complexity index is 847. The summed E-state index contributed by atoms with van der Waals surface area (Å²) in [6.45, 7) is 0.293. The molecule has 0 saturated carbocycles. The number of nitrogens with zero attached hydrogens (tertiary/aromatic N) is 2. The van der Waals surface area contributed by atoms with Crippen LogP contribution in [0.25, 0.3) is 11.4 Å². The van der Waals surface area contributed by atoms with Crippen LogP contribution in [0.3, 0.4) is 0 Å². The van der Waals surface area contributed by atoms with Gasteiger partial charge in [-0.25, -0.2) is 0 Å². The second-order valence-corrected chi connectivity index (χ2v) is 5.78. The van der Waals surface area contributed by atoms with Gasteiger partial charge in [0.05, 0.1) is 7.11 Å². The minimum Gasteiger partial charge on any atom is -0.504 e. The van der Waals surface area contributed by atoms with Gasteiger partial charge in [-0.05, 0) is 24.3 Å². The Kier molecular flexibility index (Phi) is 4.78. The number of anilines is 1. The van der Waals surface area contributed by atoms with Gasteiger partial charge in [0.2, 0.25) is 5.82 Å². The molecule has 0 fully saturated rings. The van der Waals surface area contributed by atoms with E-state index in [4.69, 9.17) is 32.5 Å². The normalized spacial score (nSPS) is 10.6. The first-order chi connectivity index (χ1) is 11.6. The third-order valence-electron chi connectivity index (χ3n) is 3.28. The molecule has 2 N–H and O–H groups in total. The Morgan fingerprint density at radius 3 is 2.67 bits per heavy atom. The molecule has 0 unspecified atom stereocenters. The van der Waals surface area contributed by atoms with Gasteiger partial charge >= 0.3 is 6.01 Å². The number of phenols is 1. The van der Waals surface area contributed by atoms with Crippen molar-refractivity contribution in [3.8, 4) is 22.9 Å². The molecule has 8 heteroatoms. The quantitative estimate of drug-likeness (QED) is 0.698. The summed E-state index contributed by atoms with van der Waals surface area (Å²) in [5.41, 5.74) is 1.29. The SMILES string of the molecule is COc1cccc(CNc2nc(-c3cc(Cl)cc(Cl)c3)no2)c1O. The minimum absolute atomic E-state index is 0.0638. The third kappa shape index (κ3) is 3.55. The standard InChI is InChI=1S/C16H13Cl2N3O3/c1-23-13-4-2-3-9(14(13)22)8-19-16-20-15(21-24-16)10-5-11(17)7-12(18)6-10/h2-7,22H,8H2,1H3,(H,19,20,21). The Labute approximate surface area is 148 Å². The predicted molar refractivity (Wildman–Crippen MR) is 91.7 cm³/mol. The average molecular weight is 366 g/mol. The van der Waals surface area contributed by atoms with Crippen LogP contribution in [0.5, 0.6) is 11.5 Å². The molecule has 3 aromatic rings. The summed E-state index contributed by atoms with van der Waals surface area (Å²) in [7, 11) is 1.49. The maximum absolute atomic E-state index is 10.1. The second-order valence-electron chi connectivity index (χ2n) is 4.90. The van der Waals surface area contributed by atoms with Crippen LogP contribution in [0, 0.1) is 0 Å². The molecule has 1 heterocycles. The van der Waals surface area contributed by atoms with Crippen molar-refractivity contribution in [1.82, 2.24) is 10.1 Å². The Balaban J connectivity index is 1.75. The van der Waals surface area contributed by atoms with Crippen molar-refractivity contribution in [2.24, 2.45) is 0 Å². The monoisotopic (exact) mass is 365 g/mol. The van der Waals surface area contributed by atoms with Gasteiger partial charge < -0.3 is 19.7 Å². The van der Waals surface area contributed by atoms with Crippen LogP contribution in [0.1, 0.15) is 5.56 Å². The summed E-state index contributed by atoms with van der Waals surface area (Å²) in [5.74, 6) is 0.819. The molecule has 0 aliphatic rings. The predicted octanol–water partition coefficient (Wildman–Crippen LogP) is 4.37. The maximum Gasteiger partial charge on any atom is 0.322 e. The van der Waals surface area contributed by atoms with Crippen LogP contribution < -0.4 is 10.1 Å². The molecule has 124 valence electrons. The molecule has 0 aliphatic carbocycles. The van der Waals surface area contributed by atoms with Crippen molar-refractivity contribution in [3.63, 3.8) is 0 Å². The van der Waals surface area contributed by atoms with Crippen molar-refractivity contribution in [3.05, 3.63) is 52.0 Å². The number of nitrogens with one attached hydrogen (secondary N) is 1. The summed E-state index contributed by atoms with van der Waals surface area (Å²) in [5, 5.41) is 17.9. The van der Waals surface area contributed by atoms with Crippen LogP contribution >= 0.6 is 23.2 Å². The number of hydrogen-bond acceptors (Lipinski definition) is 6. The van der Waals surface area contributed by atoms with E-state index in [0.29, 0.717) is 39.3 Å². The first-order valence-corrected chi connectivity index (χ1v) is 7.71. The van der Waals surface area contributed by atoms with Gasteiger partial charge in [0.1, 0.15) is 0 Å². The van der Waals surface area contributed by atoms with Gasteiger partial charge in [-0.15, -0.1) is 0 Å². The molecule has 6 nitrogen and oxygen atoms in total. The Hall–Kier alpha value is -2.44. The van der Waals surface area contributed by atoms with Crippen molar-refractivity contribution in [1.29, 1.82) is 0 Å². The van der Waals surface area contributed by atoms with E-state index < -0.39 is 0 Å². The fourth-order valence-electron chi connectivity index (χ4n) is 2.14. The summed E-state index contributed by atoms with van der Waals surface area (Å²) in [4.78, 5) is 4.23. The number of para-hydroxylation sites is 1. The lowest BCUT2D eigenvalue weighted by molar-refractivity contribution is 0.370. The lowest BCUT2D eigenvalue weighted by Gasteiger charge is -2.08. The molecule has 0 radical (unpaired) electrons. The zero-order valence-corrected chi connectivity index (χ0v) is 14.1. The number of methoxy groups -OCH3 is 1. The molecule has 3 rings (SSSR count). The molecule has 0 spiro atoms. The lowest BCUT2D eigenvalue weighted by Crippen LogP contribution is -2.00. The van der Waals surface area contributed by atoms with E-state index in [1.807, 2.05) is 0 Å². The van der Waals surface area contributed by atoms with Gasteiger partial charge in [0.15, 0.2) is 11.5 Å². The number of halogens is 2. The molecule has 0 saturated heterocycles. The van der Waals surface area contributed by atoms with Gasteiger partial charge in [0, 0.05) is 27.7 Å². The number of ether oxygens (including phenoxy) is 1. The molecular weight excluding hydrogens is 353 g/mol. The Morgan fingerprint density at radius 2 is 1.96 bits per heavy atom. The highest BCUT2D eigenvalue weighted by molar-refractivity contribution is 6.35. The van der Waals surface area contributed by atoms with Crippen molar-refractivity contribution in [2.75, 3.05) is 12.4 Å². The third-order valence-corrected chi connectivity index (χ3v) is 3.72. The topological polar surface area (TPSA) is 80.4 Å². The minimum atomic E-state index is 0.0638. The maximum atomic E-state index is 10.1.